The van der Waals surface area contributed by atoms with Crippen molar-refractivity contribution >= 4 is 5.71 Å². The molecular weight excluding hydrogens is 180 g/mol. The Hall–Kier alpha value is -1.45. The highest BCUT2D eigenvalue weighted by molar-refractivity contribution is 6.09. The fourth-order valence-corrected chi connectivity index (χ4v) is 0.717. The highest BCUT2D eigenvalue weighted by Crippen LogP contribution is 2.04. The molecule has 0 aliphatic carbocycles. The van der Waals surface area contributed by atoms with Crippen molar-refractivity contribution in [2.24, 2.45) is 4.99 Å². The van der Waals surface area contributed by atoms with Crippen LogP contribution in [0.3, 0.4) is 0 Å². The van der Waals surface area contributed by atoms with Crippen molar-refractivity contribution in [2.45, 2.75) is 27.7 Å². The Labute approximate surface area is 85.2 Å². The van der Waals surface area contributed by atoms with Crippen LogP contribution >= 0.6 is 0 Å². The Morgan fingerprint density at radius 3 is 2.07 bits per heavy atom. The molecule has 0 rings (SSSR count). The lowest BCUT2D eigenvalue weighted by Crippen LogP contribution is -2.11. The molecule has 0 aromatic rings. The topological polar surface area (TPSA) is 55.5 Å². The molecule has 14 heavy (non-hydrogen) atoms. The Bertz CT molecular complexity index is 255. The van der Waals surface area contributed by atoms with E-state index >= 15 is 0 Å². The quantitative estimate of drug-likeness (QED) is 0.396. The van der Waals surface area contributed by atoms with E-state index in [2.05, 4.69) is 18.2 Å². The van der Waals surface area contributed by atoms with Crippen LogP contribution in [0.2, 0.25) is 0 Å². The molecule has 80 valence electrons. The zero-order valence-electron chi connectivity index (χ0n) is 9.33. The van der Waals surface area contributed by atoms with Crippen LogP contribution in [0.25, 0.3) is 0 Å². The Morgan fingerprint density at radius 1 is 1.43 bits per heavy atom. The first-order valence-electron chi connectivity index (χ1n) is 4.54. The monoisotopic (exact) mass is 198 g/mol. The largest absolute Gasteiger partial charge is 0.287 e. The van der Waals surface area contributed by atoms with Crippen LogP contribution in [-0.4, -0.2) is 17.2 Å². The Kier molecular flexibility index (Phi) is 8.77. The highest BCUT2D eigenvalue weighted by Gasteiger charge is 2.15. The van der Waals surface area contributed by atoms with Gasteiger partial charge in [-0.15, -0.1) is 0 Å². The highest BCUT2D eigenvalue weighted by atomic mass is 16.6. The molecule has 0 fully saturated rings. The average Bonchev–Trinajstić information content (AvgIpc) is 2.15. The fraction of sp³-hybridized carbons (Fsp3) is 0.500. The van der Waals surface area contributed by atoms with E-state index in [1.54, 1.807) is 13.8 Å². The van der Waals surface area contributed by atoms with Crippen LogP contribution in [0.15, 0.2) is 29.4 Å². The van der Waals surface area contributed by atoms with Gasteiger partial charge in [0, 0.05) is 6.54 Å². The van der Waals surface area contributed by atoms with Crippen LogP contribution < -0.4 is 0 Å². The van der Waals surface area contributed by atoms with Gasteiger partial charge in [0.25, 0.3) is 5.70 Å². The molecule has 4 heteroatoms. The molecule has 0 aliphatic heterocycles. The van der Waals surface area contributed by atoms with Crippen LogP contribution in [-0.2, 0) is 0 Å². The second-order valence-corrected chi connectivity index (χ2v) is 2.31. The lowest BCUT2D eigenvalue weighted by Gasteiger charge is -2.00. The molecule has 4 nitrogen and oxygen atoms in total. The molecule has 0 aromatic carbocycles. The lowest BCUT2D eigenvalue weighted by molar-refractivity contribution is -0.414. The number of allylic oxidation sites excluding steroid dienone is 1. The van der Waals surface area contributed by atoms with Gasteiger partial charge in [0.2, 0.25) is 0 Å². The standard InChI is InChI=1S/C8H12N2O2.C2H6/c1-5-9-8(6(2)3)7(4)10(11)12;1-2/h2,4-5H2,1,3H3;1-2H3. The first kappa shape index (κ1) is 15.0. The number of nitro groups is 1. The lowest BCUT2D eigenvalue weighted by atomic mass is 10.1. The van der Waals surface area contributed by atoms with Gasteiger partial charge in [-0.3, -0.25) is 15.1 Å². The summed E-state index contributed by atoms with van der Waals surface area (Å²) in [4.78, 5) is 13.7. The number of nitrogens with zero attached hydrogens (tertiary/aromatic N) is 2. The number of hydrogen-bond donors (Lipinski definition) is 0. The molecule has 0 amide bonds. The van der Waals surface area contributed by atoms with Crippen LogP contribution in [0.1, 0.15) is 27.7 Å². The minimum absolute atomic E-state index is 0.190. The Morgan fingerprint density at radius 2 is 1.86 bits per heavy atom. The van der Waals surface area contributed by atoms with Crippen molar-refractivity contribution in [1.82, 2.24) is 0 Å². The number of aliphatic imine (C=N–C) groups is 1. The van der Waals surface area contributed by atoms with Gasteiger partial charge in [-0.1, -0.05) is 20.4 Å². The van der Waals surface area contributed by atoms with Crippen molar-refractivity contribution in [2.75, 3.05) is 6.54 Å². The second-order valence-electron chi connectivity index (χ2n) is 2.31. The molecule has 0 aromatic heterocycles. The zero-order chi connectivity index (χ0) is 11.7. The van der Waals surface area contributed by atoms with Crippen molar-refractivity contribution in [1.29, 1.82) is 0 Å². The second kappa shape index (κ2) is 8.16. The molecule has 0 saturated carbocycles. The van der Waals surface area contributed by atoms with Crippen molar-refractivity contribution in [3.05, 3.63) is 34.5 Å². The van der Waals surface area contributed by atoms with E-state index in [0.717, 1.165) is 0 Å². The molecule has 0 bridgehead atoms. The molecule has 0 N–H and O–H groups in total. The van der Waals surface area contributed by atoms with E-state index < -0.39 is 4.92 Å². The van der Waals surface area contributed by atoms with Gasteiger partial charge in [-0.05, 0) is 26.0 Å². The van der Waals surface area contributed by atoms with Crippen LogP contribution in [0.4, 0.5) is 0 Å². The molecule has 0 atom stereocenters. The molecule has 0 heterocycles. The summed E-state index contributed by atoms with van der Waals surface area (Å²) in [5.41, 5.74) is 0.672. The molecular formula is C10H18N2O2. The minimum atomic E-state index is -0.552. The van der Waals surface area contributed by atoms with Gasteiger partial charge < -0.3 is 0 Å². The van der Waals surface area contributed by atoms with Gasteiger partial charge in [-0.25, -0.2) is 0 Å². The van der Waals surface area contributed by atoms with Gasteiger partial charge >= 0.3 is 0 Å². The summed E-state index contributed by atoms with van der Waals surface area (Å²) >= 11 is 0. The summed E-state index contributed by atoms with van der Waals surface area (Å²) in [5, 5.41) is 10.3. The third-order valence-corrected chi connectivity index (χ3v) is 1.21. The van der Waals surface area contributed by atoms with Gasteiger partial charge in [0.1, 0.15) is 5.71 Å². The summed E-state index contributed by atoms with van der Waals surface area (Å²) in [7, 11) is 0. The summed E-state index contributed by atoms with van der Waals surface area (Å²) < 4.78 is 0. The van der Waals surface area contributed by atoms with Crippen LogP contribution in [0, 0.1) is 10.1 Å². The molecule has 0 aliphatic rings. The summed E-state index contributed by atoms with van der Waals surface area (Å²) in [6.45, 7) is 14.9. The zero-order valence-corrected chi connectivity index (χ0v) is 9.33. The molecule has 0 radical (unpaired) electrons. The number of hydrogen-bond acceptors (Lipinski definition) is 3. The first-order valence-corrected chi connectivity index (χ1v) is 4.54. The van der Waals surface area contributed by atoms with E-state index in [4.69, 9.17) is 0 Å². The maximum Gasteiger partial charge on any atom is 0.287 e. The molecule has 0 unspecified atom stereocenters. The molecule has 0 spiro atoms. The third-order valence-electron chi connectivity index (χ3n) is 1.21. The van der Waals surface area contributed by atoms with Crippen LogP contribution in [0.5, 0.6) is 0 Å². The van der Waals surface area contributed by atoms with Crippen molar-refractivity contribution in [3.8, 4) is 0 Å². The SMILES string of the molecule is C=C(C)C(=NCC)C(=C)[N+](=O)[O-].CC. The van der Waals surface area contributed by atoms with Crippen molar-refractivity contribution < 1.29 is 4.92 Å². The predicted molar refractivity (Wildman–Crippen MR) is 60.3 cm³/mol. The van der Waals surface area contributed by atoms with Gasteiger partial charge in [-0.2, -0.15) is 0 Å². The van der Waals surface area contributed by atoms with E-state index in [-0.39, 0.29) is 5.70 Å². The van der Waals surface area contributed by atoms with E-state index in [9.17, 15) is 10.1 Å². The van der Waals surface area contributed by atoms with Crippen molar-refractivity contribution in [3.63, 3.8) is 0 Å². The average molecular weight is 198 g/mol. The molecule has 0 saturated heterocycles. The summed E-state index contributed by atoms with van der Waals surface area (Å²) in [6, 6.07) is 0. The smallest absolute Gasteiger partial charge is 0.278 e. The maximum atomic E-state index is 10.3. The van der Waals surface area contributed by atoms with Gasteiger partial charge in [0.15, 0.2) is 0 Å². The summed E-state index contributed by atoms with van der Waals surface area (Å²) in [6.07, 6.45) is 0. The predicted octanol–water partition coefficient (Wildman–Crippen LogP) is 2.84. The Balaban J connectivity index is 0. The first-order chi connectivity index (χ1) is 6.50. The van der Waals surface area contributed by atoms with E-state index in [0.29, 0.717) is 17.8 Å². The van der Waals surface area contributed by atoms with Gasteiger partial charge in [0.05, 0.1) is 4.92 Å². The van der Waals surface area contributed by atoms with E-state index in [1.165, 1.54) is 0 Å². The fourth-order valence-electron chi connectivity index (χ4n) is 0.717. The normalized spacial score (nSPS) is 9.86. The van der Waals surface area contributed by atoms with E-state index in [1.807, 2.05) is 13.8 Å². The minimum Gasteiger partial charge on any atom is -0.278 e. The maximum absolute atomic E-state index is 10.3. The summed E-state index contributed by atoms with van der Waals surface area (Å²) in [5.74, 6) is 0. The number of rotatable bonds is 4. The third kappa shape index (κ3) is 5.24.